The molecule has 146 valence electrons. The number of hydrogen-bond donors (Lipinski definition) is 1. The van der Waals surface area contributed by atoms with E-state index in [1.165, 1.54) is 0 Å². The first-order valence-corrected chi connectivity index (χ1v) is 9.51. The van der Waals surface area contributed by atoms with Crippen LogP contribution in [0.4, 0.5) is 0 Å². The highest BCUT2D eigenvalue weighted by atomic mass is 16.5. The van der Waals surface area contributed by atoms with Gasteiger partial charge >= 0.3 is 0 Å². The zero-order valence-electron chi connectivity index (χ0n) is 16.4. The number of aryl methyl sites for hydroxylation is 1. The van der Waals surface area contributed by atoms with Gasteiger partial charge in [0.2, 0.25) is 5.91 Å². The van der Waals surface area contributed by atoms with Crippen LogP contribution in [0.3, 0.4) is 0 Å². The average molecular weight is 371 g/mol. The van der Waals surface area contributed by atoms with Gasteiger partial charge in [0.1, 0.15) is 0 Å². The molecule has 0 aromatic carbocycles. The van der Waals surface area contributed by atoms with Gasteiger partial charge in [-0.1, -0.05) is 19.9 Å². The second-order valence-corrected chi connectivity index (χ2v) is 7.59. The quantitative estimate of drug-likeness (QED) is 0.806. The van der Waals surface area contributed by atoms with E-state index in [4.69, 9.17) is 4.74 Å². The number of carbonyl (C=O) groups is 1. The van der Waals surface area contributed by atoms with Crippen molar-refractivity contribution in [3.05, 3.63) is 47.8 Å². The van der Waals surface area contributed by atoms with Crippen molar-refractivity contribution in [1.82, 2.24) is 24.8 Å². The zero-order valence-corrected chi connectivity index (χ0v) is 16.4. The fraction of sp³-hybridized carbons (Fsp3) is 0.550. The number of aromatic nitrogens is 3. The van der Waals surface area contributed by atoms with Crippen LogP contribution in [0, 0.1) is 12.8 Å². The number of hydrogen-bond acceptors (Lipinski definition) is 5. The summed E-state index contributed by atoms with van der Waals surface area (Å²) < 4.78 is 6.16. The highest BCUT2D eigenvalue weighted by molar-refractivity contribution is 5.78. The number of nitrogens with zero attached hydrogens (tertiary/aromatic N) is 4. The van der Waals surface area contributed by atoms with E-state index in [2.05, 4.69) is 33.7 Å². The first-order chi connectivity index (χ1) is 13.0. The minimum atomic E-state index is -0.0588. The Labute approximate surface area is 160 Å². The molecule has 0 spiro atoms. The molecular formula is C20H29N5O2. The Morgan fingerprint density at radius 3 is 2.81 bits per heavy atom. The van der Waals surface area contributed by atoms with Crippen molar-refractivity contribution in [2.75, 3.05) is 26.2 Å². The van der Waals surface area contributed by atoms with Crippen LogP contribution in [0.15, 0.2) is 30.7 Å². The molecule has 0 unspecified atom stereocenters. The Morgan fingerprint density at radius 1 is 1.30 bits per heavy atom. The molecule has 1 amide bonds. The van der Waals surface area contributed by atoms with Gasteiger partial charge < -0.3 is 14.6 Å². The summed E-state index contributed by atoms with van der Waals surface area (Å²) in [5, 5.41) is 0. The number of ether oxygens (including phenoxy) is 1. The van der Waals surface area contributed by atoms with Gasteiger partial charge in [-0.3, -0.25) is 14.7 Å². The Bertz CT molecular complexity index is 731. The van der Waals surface area contributed by atoms with E-state index in [0.717, 1.165) is 23.6 Å². The van der Waals surface area contributed by atoms with Crippen molar-refractivity contribution >= 4 is 5.91 Å². The van der Waals surface area contributed by atoms with Crippen molar-refractivity contribution < 1.29 is 9.53 Å². The molecule has 1 atom stereocenters. The Kier molecular flexibility index (Phi) is 6.58. The lowest BCUT2D eigenvalue weighted by molar-refractivity contribution is -0.132. The van der Waals surface area contributed by atoms with E-state index >= 15 is 0 Å². The third-order valence-corrected chi connectivity index (χ3v) is 4.68. The molecule has 0 aliphatic carbocycles. The van der Waals surface area contributed by atoms with Crippen molar-refractivity contribution in [3.63, 3.8) is 0 Å². The molecule has 0 radical (unpaired) electrons. The molecule has 7 heteroatoms. The van der Waals surface area contributed by atoms with E-state index in [1.807, 2.05) is 30.0 Å². The number of amides is 1. The summed E-state index contributed by atoms with van der Waals surface area (Å²) >= 11 is 0. The lowest BCUT2D eigenvalue weighted by Crippen LogP contribution is -2.40. The van der Waals surface area contributed by atoms with Gasteiger partial charge in [-0.25, -0.2) is 4.98 Å². The summed E-state index contributed by atoms with van der Waals surface area (Å²) in [5.41, 5.74) is 2.92. The molecule has 1 saturated heterocycles. The van der Waals surface area contributed by atoms with Crippen molar-refractivity contribution in [3.8, 4) is 0 Å². The number of carbonyl (C=O) groups excluding carboxylic acids is 1. The topological polar surface area (TPSA) is 74.4 Å². The van der Waals surface area contributed by atoms with E-state index < -0.39 is 0 Å². The predicted octanol–water partition coefficient (Wildman–Crippen LogP) is 2.00. The minimum Gasteiger partial charge on any atom is -0.369 e. The molecule has 3 rings (SSSR count). The molecule has 1 N–H and O–H groups in total. The lowest BCUT2D eigenvalue weighted by atomic mass is 10.2. The molecule has 0 saturated carbocycles. The second kappa shape index (κ2) is 9.10. The molecule has 0 bridgehead atoms. The fourth-order valence-corrected chi connectivity index (χ4v) is 3.34. The van der Waals surface area contributed by atoms with Crippen LogP contribution in [-0.4, -0.2) is 62.9 Å². The summed E-state index contributed by atoms with van der Waals surface area (Å²) in [6.45, 7) is 9.80. The normalized spacial score (nSPS) is 18.9. The monoisotopic (exact) mass is 371 g/mol. The second-order valence-electron chi connectivity index (χ2n) is 7.59. The Morgan fingerprint density at radius 2 is 2.15 bits per heavy atom. The Hall–Kier alpha value is -2.25. The van der Waals surface area contributed by atoms with Crippen LogP contribution < -0.4 is 0 Å². The number of nitrogens with one attached hydrogen (secondary N) is 1. The smallest absolute Gasteiger partial charge is 0.236 e. The molecule has 3 heterocycles. The molecule has 2 aromatic heterocycles. The summed E-state index contributed by atoms with van der Waals surface area (Å²) in [4.78, 5) is 28.7. The number of imidazole rings is 1. The van der Waals surface area contributed by atoms with Crippen molar-refractivity contribution in [2.45, 2.75) is 40.0 Å². The van der Waals surface area contributed by atoms with E-state index in [1.54, 1.807) is 12.5 Å². The van der Waals surface area contributed by atoms with Crippen LogP contribution in [0.2, 0.25) is 0 Å². The fourth-order valence-electron chi connectivity index (χ4n) is 3.34. The molecule has 2 aromatic rings. The van der Waals surface area contributed by atoms with Gasteiger partial charge in [0.25, 0.3) is 0 Å². The van der Waals surface area contributed by atoms with Gasteiger partial charge in [0.15, 0.2) is 0 Å². The average Bonchev–Trinajstić information content (AvgIpc) is 2.97. The predicted molar refractivity (Wildman–Crippen MR) is 103 cm³/mol. The summed E-state index contributed by atoms with van der Waals surface area (Å²) in [6.07, 6.45) is 3.41. The number of H-pyrrole nitrogens is 1. The molecule has 7 nitrogen and oxygen atoms in total. The van der Waals surface area contributed by atoms with Crippen LogP contribution in [0.1, 0.15) is 30.9 Å². The standard InChI is InChI=1S/C20H29N5O2/c1-15(2)8-25-10-18(27-13-17-6-4-5-7-21-17)9-24(12-20(25)26)11-19-16(3)22-14-23-19/h4-7,14-15,18H,8-13H2,1-3H3,(H,22,23)/t18-/m0/s1. The molecule has 1 fully saturated rings. The highest BCUT2D eigenvalue weighted by Crippen LogP contribution is 2.15. The van der Waals surface area contributed by atoms with Gasteiger partial charge in [-0.2, -0.15) is 0 Å². The maximum absolute atomic E-state index is 12.8. The van der Waals surface area contributed by atoms with Crippen LogP contribution in [0.25, 0.3) is 0 Å². The molecule has 1 aliphatic rings. The lowest BCUT2D eigenvalue weighted by Gasteiger charge is -2.26. The van der Waals surface area contributed by atoms with E-state index in [0.29, 0.717) is 38.7 Å². The molecule has 1 aliphatic heterocycles. The molecular weight excluding hydrogens is 342 g/mol. The highest BCUT2D eigenvalue weighted by Gasteiger charge is 2.29. The summed E-state index contributed by atoms with van der Waals surface area (Å²) in [7, 11) is 0. The van der Waals surface area contributed by atoms with Gasteiger partial charge in [-0.15, -0.1) is 0 Å². The van der Waals surface area contributed by atoms with Crippen molar-refractivity contribution in [1.29, 1.82) is 0 Å². The van der Waals surface area contributed by atoms with Gasteiger partial charge in [0.05, 0.1) is 37.0 Å². The maximum Gasteiger partial charge on any atom is 0.236 e. The van der Waals surface area contributed by atoms with Crippen LogP contribution in [-0.2, 0) is 22.7 Å². The van der Waals surface area contributed by atoms with E-state index in [9.17, 15) is 4.79 Å². The SMILES string of the molecule is Cc1[nH]cnc1CN1CC(=O)N(CC(C)C)C[C@@H](OCc2ccccn2)C1. The summed E-state index contributed by atoms with van der Waals surface area (Å²) in [5.74, 6) is 0.575. The van der Waals surface area contributed by atoms with E-state index in [-0.39, 0.29) is 12.0 Å². The molecule has 27 heavy (non-hydrogen) atoms. The van der Waals surface area contributed by atoms with Gasteiger partial charge in [0, 0.05) is 38.1 Å². The number of aromatic amines is 1. The number of pyridine rings is 1. The van der Waals surface area contributed by atoms with Crippen molar-refractivity contribution in [2.24, 2.45) is 5.92 Å². The first-order valence-electron chi connectivity index (χ1n) is 9.51. The third kappa shape index (κ3) is 5.61. The maximum atomic E-state index is 12.8. The Balaban J connectivity index is 1.70. The third-order valence-electron chi connectivity index (χ3n) is 4.68. The zero-order chi connectivity index (χ0) is 19.2. The number of rotatable bonds is 7. The first kappa shape index (κ1) is 19.5. The minimum absolute atomic E-state index is 0.0588. The largest absolute Gasteiger partial charge is 0.369 e. The van der Waals surface area contributed by atoms with Gasteiger partial charge in [-0.05, 0) is 25.0 Å². The van der Waals surface area contributed by atoms with Crippen LogP contribution >= 0.6 is 0 Å². The van der Waals surface area contributed by atoms with Crippen LogP contribution in [0.5, 0.6) is 0 Å². The summed E-state index contributed by atoms with van der Waals surface area (Å²) in [6, 6.07) is 5.81.